The van der Waals surface area contributed by atoms with Gasteiger partial charge in [-0.15, -0.1) is 10.2 Å². The minimum atomic E-state index is -1.42. The maximum absolute atomic E-state index is 12.8. The van der Waals surface area contributed by atoms with Crippen LogP contribution in [-0.4, -0.2) is 47.9 Å². The second-order valence-corrected chi connectivity index (χ2v) is 8.48. The Morgan fingerprint density at radius 2 is 1.94 bits per heavy atom. The fourth-order valence-electron chi connectivity index (χ4n) is 4.14. The van der Waals surface area contributed by atoms with Crippen LogP contribution in [-0.2, 0) is 20.9 Å². The monoisotopic (exact) mass is 489 g/mol. The topological polar surface area (TPSA) is 140 Å². The molecule has 1 aliphatic rings. The standard InChI is InChI=1S/C26H27N5O5/c1-4-6-22-23(34)20(16(2)32)12-13-26(22,17(3)33)35-15-18-8-10-19(11-9-18)36-25-21(7-5-14-27-25)24-28-30-31-29-24/h5,7-14,20,34H,4,6,15H2,1-3H3,(H,28,29,30,31). The third-order valence-corrected chi connectivity index (χ3v) is 6.00. The summed E-state index contributed by atoms with van der Waals surface area (Å²) in [7, 11) is 0. The Morgan fingerprint density at radius 3 is 2.58 bits per heavy atom. The normalized spacial score (nSPS) is 19.4. The van der Waals surface area contributed by atoms with Gasteiger partial charge in [-0.25, -0.2) is 4.98 Å². The van der Waals surface area contributed by atoms with Gasteiger partial charge in [-0.1, -0.05) is 31.6 Å². The van der Waals surface area contributed by atoms with Gasteiger partial charge >= 0.3 is 0 Å². The van der Waals surface area contributed by atoms with Crippen LogP contribution in [0.2, 0.25) is 0 Å². The number of nitrogens with zero attached hydrogens (tertiary/aromatic N) is 4. The number of rotatable bonds is 10. The third-order valence-electron chi connectivity index (χ3n) is 6.00. The van der Waals surface area contributed by atoms with Crippen LogP contribution in [0.15, 0.2) is 66.1 Å². The smallest absolute Gasteiger partial charge is 0.230 e. The third kappa shape index (κ3) is 4.94. The lowest BCUT2D eigenvalue weighted by Crippen LogP contribution is -2.44. The van der Waals surface area contributed by atoms with Crippen LogP contribution in [0.25, 0.3) is 11.4 Å². The number of tetrazole rings is 1. The fourth-order valence-corrected chi connectivity index (χ4v) is 4.14. The first-order chi connectivity index (χ1) is 17.4. The van der Waals surface area contributed by atoms with Crippen molar-refractivity contribution in [1.82, 2.24) is 25.6 Å². The van der Waals surface area contributed by atoms with Gasteiger partial charge in [-0.2, -0.15) is 5.21 Å². The molecule has 0 saturated carbocycles. The highest BCUT2D eigenvalue weighted by molar-refractivity contribution is 5.93. The Morgan fingerprint density at radius 1 is 1.17 bits per heavy atom. The molecule has 0 amide bonds. The molecule has 2 N–H and O–H groups in total. The molecular formula is C26H27N5O5. The van der Waals surface area contributed by atoms with Crippen LogP contribution in [0.5, 0.6) is 11.6 Å². The van der Waals surface area contributed by atoms with E-state index in [4.69, 9.17) is 9.47 Å². The molecule has 0 spiro atoms. The van der Waals surface area contributed by atoms with Crippen molar-refractivity contribution >= 4 is 11.6 Å². The number of H-pyrrole nitrogens is 1. The van der Waals surface area contributed by atoms with Crippen molar-refractivity contribution in [3.63, 3.8) is 0 Å². The van der Waals surface area contributed by atoms with E-state index in [2.05, 4.69) is 25.6 Å². The molecule has 0 saturated heterocycles. The number of aliphatic hydroxyl groups excluding tert-OH is 1. The maximum Gasteiger partial charge on any atom is 0.230 e. The van der Waals surface area contributed by atoms with Crippen molar-refractivity contribution in [2.75, 3.05) is 0 Å². The molecule has 0 fully saturated rings. The Labute approximate surface area is 208 Å². The van der Waals surface area contributed by atoms with E-state index in [1.54, 1.807) is 42.6 Å². The number of carbonyl (C=O) groups is 2. The lowest BCUT2D eigenvalue weighted by molar-refractivity contribution is -0.135. The summed E-state index contributed by atoms with van der Waals surface area (Å²) in [6.45, 7) is 4.88. The van der Waals surface area contributed by atoms with Crippen molar-refractivity contribution in [2.24, 2.45) is 5.92 Å². The first kappa shape index (κ1) is 24.9. The quantitative estimate of drug-likeness (QED) is 0.399. The Bertz CT molecular complexity index is 1300. The van der Waals surface area contributed by atoms with Crippen molar-refractivity contribution in [2.45, 2.75) is 45.8 Å². The summed E-state index contributed by atoms with van der Waals surface area (Å²) in [6, 6.07) is 10.7. The zero-order valence-corrected chi connectivity index (χ0v) is 20.3. The Hall–Kier alpha value is -4.18. The number of aliphatic hydroxyl groups is 1. The van der Waals surface area contributed by atoms with E-state index in [-0.39, 0.29) is 23.9 Å². The highest BCUT2D eigenvalue weighted by Crippen LogP contribution is 2.38. The highest BCUT2D eigenvalue weighted by atomic mass is 16.5. The summed E-state index contributed by atoms with van der Waals surface area (Å²) in [4.78, 5) is 29.0. The average molecular weight is 490 g/mol. The number of hydrogen-bond donors (Lipinski definition) is 2. The molecule has 0 aliphatic heterocycles. The molecule has 186 valence electrons. The lowest BCUT2D eigenvalue weighted by atomic mass is 9.77. The average Bonchev–Trinajstić information content (AvgIpc) is 3.40. The molecule has 10 heteroatoms. The largest absolute Gasteiger partial charge is 0.511 e. The highest BCUT2D eigenvalue weighted by Gasteiger charge is 2.44. The van der Waals surface area contributed by atoms with Gasteiger partial charge in [0.05, 0.1) is 18.1 Å². The summed E-state index contributed by atoms with van der Waals surface area (Å²) in [5.74, 6) is -0.0866. The Kier molecular flexibility index (Phi) is 7.35. The van der Waals surface area contributed by atoms with Crippen LogP contribution < -0.4 is 4.74 Å². The van der Waals surface area contributed by atoms with E-state index in [9.17, 15) is 14.7 Å². The number of nitrogens with one attached hydrogen (secondary N) is 1. The van der Waals surface area contributed by atoms with E-state index in [1.165, 1.54) is 13.8 Å². The predicted molar refractivity (Wildman–Crippen MR) is 130 cm³/mol. The SMILES string of the molecule is CCCC1=C(O)C(C(C)=O)C=CC1(OCc1ccc(Oc2ncccc2-c2nn[nH]n2)cc1)C(C)=O. The van der Waals surface area contributed by atoms with Gasteiger partial charge in [0.25, 0.3) is 0 Å². The number of aromatic amines is 1. The number of carbonyl (C=O) groups excluding carboxylic acids is 2. The number of Topliss-reactive ketones (excluding diaryl/α,β-unsaturated/α-hetero) is 2. The van der Waals surface area contributed by atoms with Crippen LogP contribution in [0, 0.1) is 5.92 Å². The molecular weight excluding hydrogens is 462 g/mol. The number of allylic oxidation sites excluding steroid dienone is 1. The van der Waals surface area contributed by atoms with Gasteiger partial charge < -0.3 is 14.6 Å². The van der Waals surface area contributed by atoms with Gasteiger partial charge in [0, 0.05) is 11.8 Å². The Balaban J connectivity index is 1.52. The number of ether oxygens (including phenoxy) is 2. The van der Waals surface area contributed by atoms with Crippen molar-refractivity contribution in [3.05, 3.63) is 71.6 Å². The van der Waals surface area contributed by atoms with Crippen molar-refractivity contribution in [3.8, 4) is 23.0 Å². The second kappa shape index (κ2) is 10.6. The first-order valence-electron chi connectivity index (χ1n) is 11.6. The summed E-state index contributed by atoms with van der Waals surface area (Å²) < 4.78 is 12.1. The molecule has 3 aromatic rings. The van der Waals surface area contributed by atoms with Crippen LogP contribution in [0.1, 0.15) is 39.2 Å². The molecule has 4 rings (SSSR count). The summed E-state index contributed by atoms with van der Waals surface area (Å²) in [5.41, 5.74) is 0.392. The molecule has 2 atom stereocenters. The van der Waals surface area contributed by atoms with Gasteiger partial charge in [-0.05, 0) is 61.4 Å². The fraction of sp³-hybridized carbons (Fsp3) is 0.308. The van der Waals surface area contributed by atoms with Gasteiger partial charge in [0.2, 0.25) is 11.7 Å². The molecule has 1 aromatic carbocycles. The number of ketones is 2. The molecule has 2 heterocycles. The molecule has 36 heavy (non-hydrogen) atoms. The van der Waals surface area contributed by atoms with E-state index in [0.29, 0.717) is 41.4 Å². The zero-order chi connectivity index (χ0) is 25.7. The van der Waals surface area contributed by atoms with E-state index in [0.717, 1.165) is 5.56 Å². The zero-order valence-electron chi connectivity index (χ0n) is 20.3. The van der Waals surface area contributed by atoms with Crippen LogP contribution in [0.3, 0.4) is 0 Å². The molecule has 0 radical (unpaired) electrons. The number of hydrogen-bond acceptors (Lipinski definition) is 9. The molecule has 2 aromatic heterocycles. The summed E-state index contributed by atoms with van der Waals surface area (Å²) in [6.07, 6.45) is 5.86. The molecule has 10 nitrogen and oxygen atoms in total. The van der Waals surface area contributed by atoms with E-state index >= 15 is 0 Å². The van der Waals surface area contributed by atoms with Crippen LogP contribution in [0.4, 0.5) is 0 Å². The molecule has 0 bridgehead atoms. The van der Waals surface area contributed by atoms with E-state index < -0.39 is 11.5 Å². The van der Waals surface area contributed by atoms with Crippen LogP contribution >= 0.6 is 0 Å². The minimum Gasteiger partial charge on any atom is -0.511 e. The first-order valence-corrected chi connectivity index (χ1v) is 11.6. The molecule has 1 aliphatic carbocycles. The summed E-state index contributed by atoms with van der Waals surface area (Å²) >= 11 is 0. The van der Waals surface area contributed by atoms with Crippen molar-refractivity contribution < 1.29 is 24.2 Å². The number of aromatic nitrogens is 5. The maximum atomic E-state index is 12.8. The lowest BCUT2D eigenvalue weighted by Gasteiger charge is -2.36. The number of pyridine rings is 1. The van der Waals surface area contributed by atoms with E-state index in [1.807, 2.05) is 19.1 Å². The minimum absolute atomic E-state index is 0.0986. The van der Waals surface area contributed by atoms with Gasteiger partial charge in [-0.3, -0.25) is 9.59 Å². The summed E-state index contributed by atoms with van der Waals surface area (Å²) in [5, 5.41) is 24.7. The second-order valence-electron chi connectivity index (χ2n) is 8.48. The van der Waals surface area contributed by atoms with Gasteiger partial charge in [0.1, 0.15) is 17.3 Å². The molecule has 2 unspecified atom stereocenters. The number of benzene rings is 1. The van der Waals surface area contributed by atoms with Gasteiger partial charge in [0.15, 0.2) is 11.4 Å². The predicted octanol–water partition coefficient (Wildman–Crippen LogP) is 4.29. The van der Waals surface area contributed by atoms with Crippen molar-refractivity contribution in [1.29, 1.82) is 0 Å².